The van der Waals surface area contributed by atoms with Gasteiger partial charge >= 0.3 is 0 Å². The van der Waals surface area contributed by atoms with Crippen LogP contribution in [0.15, 0.2) is 35.1 Å². The Bertz CT molecular complexity index is 672. The second-order valence-electron chi connectivity index (χ2n) is 5.98. The fourth-order valence-electron chi connectivity index (χ4n) is 3.02. The van der Waals surface area contributed by atoms with E-state index in [4.69, 9.17) is 4.42 Å². The van der Waals surface area contributed by atoms with Crippen LogP contribution in [-0.2, 0) is 4.79 Å². The molecule has 0 atom stereocenters. The lowest BCUT2D eigenvalue weighted by atomic mass is 9.96. The first kappa shape index (κ1) is 16.3. The standard InChI is InChI=1S/C17H22N4O3/c22-16(9-10-18-17(23)14-7-4-12-24-14)20-15-8-11-19-21(15)13-5-2-1-3-6-13/h4,7-8,11-13H,1-3,5-6,9-10H2,(H,18,23)(H,20,22). The molecule has 0 radical (unpaired) electrons. The number of nitrogens with zero attached hydrogens (tertiary/aromatic N) is 2. The summed E-state index contributed by atoms with van der Waals surface area (Å²) in [6.07, 6.45) is 9.23. The quantitative estimate of drug-likeness (QED) is 0.852. The van der Waals surface area contributed by atoms with Crippen LogP contribution in [0.3, 0.4) is 0 Å². The van der Waals surface area contributed by atoms with Gasteiger partial charge in [0.15, 0.2) is 5.76 Å². The predicted octanol–water partition coefficient (Wildman–Crippen LogP) is 2.74. The van der Waals surface area contributed by atoms with E-state index in [2.05, 4.69) is 15.7 Å². The normalized spacial score (nSPS) is 15.2. The SMILES string of the molecule is O=C(CCNC(=O)c1ccco1)Nc1ccnn1C1CCCCC1. The van der Waals surface area contributed by atoms with Gasteiger partial charge in [0.05, 0.1) is 18.5 Å². The summed E-state index contributed by atoms with van der Waals surface area (Å²) in [5, 5.41) is 9.90. The van der Waals surface area contributed by atoms with Gasteiger partial charge < -0.3 is 15.1 Å². The van der Waals surface area contributed by atoms with Crippen molar-refractivity contribution >= 4 is 17.6 Å². The lowest BCUT2D eigenvalue weighted by molar-refractivity contribution is -0.116. The zero-order valence-electron chi connectivity index (χ0n) is 13.5. The summed E-state index contributed by atoms with van der Waals surface area (Å²) in [7, 11) is 0. The highest BCUT2D eigenvalue weighted by Gasteiger charge is 2.19. The number of carbonyl (C=O) groups excluding carboxylic acids is 2. The van der Waals surface area contributed by atoms with Crippen LogP contribution in [0.2, 0.25) is 0 Å². The molecule has 1 fully saturated rings. The van der Waals surface area contributed by atoms with Crippen LogP contribution in [0.1, 0.15) is 55.1 Å². The van der Waals surface area contributed by atoms with E-state index in [0.29, 0.717) is 6.04 Å². The number of hydrogen-bond donors (Lipinski definition) is 2. The molecule has 2 aromatic rings. The summed E-state index contributed by atoms with van der Waals surface area (Å²) in [6.45, 7) is 0.253. The molecule has 128 valence electrons. The summed E-state index contributed by atoms with van der Waals surface area (Å²) >= 11 is 0. The monoisotopic (exact) mass is 330 g/mol. The molecule has 0 spiro atoms. The third-order valence-electron chi connectivity index (χ3n) is 4.24. The molecule has 0 aromatic carbocycles. The molecule has 1 saturated carbocycles. The molecule has 24 heavy (non-hydrogen) atoms. The van der Waals surface area contributed by atoms with Crippen molar-refractivity contribution in [1.29, 1.82) is 0 Å². The Kier molecular flexibility index (Phi) is 5.30. The van der Waals surface area contributed by atoms with Crippen LogP contribution >= 0.6 is 0 Å². The maximum absolute atomic E-state index is 12.1. The number of furan rings is 1. The second-order valence-corrected chi connectivity index (χ2v) is 5.98. The molecule has 3 rings (SSSR count). The fraction of sp³-hybridized carbons (Fsp3) is 0.471. The Balaban J connectivity index is 1.47. The molecule has 2 amide bonds. The third kappa shape index (κ3) is 4.04. The summed E-state index contributed by atoms with van der Waals surface area (Å²) in [4.78, 5) is 23.8. The molecule has 0 bridgehead atoms. The number of carbonyl (C=O) groups is 2. The first-order valence-corrected chi connectivity index (χ1v) is 8.39. The molecule has 7 nitrogen and oxygen atoms in total. The van der Waals surface area contributed by atoms with E-state index in [1.807, 2.05) is 10.7 Å². The maximum atomic E-state index is 12.1. The summed E-state index contributed by atoms with van der Waals surface area (Å²) in [6, 6.07) is 5.41. The smallest absolute Gasteiger partial charge is 0.286 e. The van der Waals surface area contributed by atoms with Crippen molar-refractivity contribution in [3.8, 4) is 0 Å². The second kappa shape index (κ2) is 7.81. The Labute approximate surface area is 140 Å². The number of rotatable bonds is 6. The van der Waals surface area contributed by atoms with Crippen molar-refractivity contribution in [2.24, 2.45) is 0 Å². The first-order valence-electron chi connectivity index (χ1n) is 8.39. The van der Waals surface area contributed by atoms with Gasteiger partial charge in [-0.25, -0.2) is 4.68 Å². The van der Waals surface area contributed by atoms with E-state index >= 15 is 0 Å². The lowest BCUT2D eigenvalue weighted by Gasteiger charge is -2.23. The molecule has 0 aliphatic heterocycles. The Morgan fingerprint density at radius 2 is 2.08 bits per heavy atom. The van der Waals surface area contributed by atoms with Gasteiger partial charge in [0.1, 0.15) is 5.82 Å². The summed E-state index contributed by atoms with van der Waals surface area (Å²) < 4.78 is 6.91. The molecule has 2 heterocycles. The zero-order chi connectivity index (χ0) is 16.8. The minimum absolute atomic E-state index is 0.146. The third-order valence-corrected chi connectivity index (χ3v) is 4.24. The largest absolute Gasteiger partial charge is 0.459 e. The van der Waals surface area contributed by atoms with Gasteiger partial charge in [-0.3, -0.25) is 9.59 Å². The highest BCUT2D eigenvalue weighted by atomic mass is 16.3. The van der Waals surface area contributed by atoms with Gasteiger partial charge in [0.25, 0.3) is 5.91 Å². The van der Waals surface area contributed by atoms with Gasteiger partial charge in [-0.1, -0.05) is 19.3 Å². The predicted molar refractivity (Wildman–Crippen MR) is 88.6 cm³/mol. The number of nitrogens with one attached hydrogen (secondary N) is 2. The van der Waals surface area contributed by atoms with E-state index in [-0.39, 0.29) is 30.5 Å². The van der Waals surface area contributed by atoms with E-state index < -0.39 is 0 Å². The lowest BCUT2D eigenvalue weighted by Crippen LogP contribution is -2.28. The van der Waals surface area contributed by atoms with Crippen molar-refractivity contribution in [2.45, 2.75) is 44.6 Å². The van der Waals surface area contributed by atoms with Gasteiger partial charge in [-0.2, -0.15) is 5.10 Å². The maximum Gasteiger partial charge on any atom is 0.286 e. The molecule has 2 N–H and O–H groups in total. The zero-order valence-corrected chi connectivity index (χ0v) is 13.5. The number of anilines is 1. The molecule has 7 heteroatoms. The van der Waals surface area contributed by atoms with Crippen molar-refractivity contribution < 1.29 is 14.0 Å². The van der Waals surface area contributed by atoms with Gasteiger partial charge in [0.2, 0.25) is 5.91 Å². The number of hydrogen-bond acceptors (Lipinski definition) is 4. The van der Waals surface area contributed by atoms with Crippen LogP contribution in [0.25, 0.3) is 0 Å². The molecule has 1 aliphatic rings. The Morgan fingerprint density at radius 3 is 2.83 bits per heavy atom. The van der Waals surface area contributed by atoms with E-state index in [9.17, 15) is 9.59 Å². The van der Waals surface area contributed by atoms with Crippen LogP contribution in [0, 0.1) is 0 Å². The average molecular weight is 330 g/mol. The van der Waals surface area contributed by atoms with Crippen molar-refractivity contribution in [3.63, 3.8) is 0 Å². The summed E-state index contributed by atoms with van der Waals surface area (Å²) in [5.41, 5.74) is 0. The minimum atomic E-state index is -0.319. The van der Waals surface area contributed by atoms with E-state index in [0.717, 1.165) is 18.7 Å². The summed E-state index contributed by atoms with van der Waals surface area (Å²) in [5.74, 6) is 0.502. The van der Waals surface area contributed by atoms with Gasteiger partial charge in [0, 0.05) is 19.0 Å². The van der Waals surface area contributed by atoms with Gasteiger partial charge in [-0.05, 0) is 25.0 Å². The molecule has 0 unspecified atom stereocenters. The van der Waals surface area contributed by atoms with Crippen molar-refractivity contribution in [2.75, 3.05) is 11.9 Å². The first-order chi connectivity index (χ1) is 11.7. The fourth-order valence-corrected chi connectivity index (χ4v) is 3.02. The molecular weight excluding hydrogens is 308 g/mol. The molecular formula is C17H22N4O3. The van der Waals surface area contributed by atoms with Crippen LogP contribution < -0.4 is 10.6 Å². The van der Waals surface area contributed by atoms with Crippen molar-refractivity contribution in [1.82, 2.24) is 15.1 Å². The average Bonchev–Trinajstić information content (AvgIpc) is 3.27. The molecule has 0 saturated heterocycles. The van der Waals surface area contributed by atoms with E-state index in [1.54, 1.807) is 18.3 Å². The highest BCUT2D eigenvalue weighted by molar-refractivity contribution is 5.93. The minimum Gasteiger partial charge on any atom is -0.459 e. The Hall–Kier alpha value is -2.57. The number of amides is 2. The Morgan fingerprint density at radius 1 is 1.25 bits per heavy atom. The number of aromatic nitrogens is 2. The molecule has 2 aromatic heterocycles. The van der Waals surface area contributed by atoms with Crippen LogP contribution in [-0.4, -0.2) is 28.1 Å². The molecule has 1 aliphatic carbocycles. The highest BCUT2D eigenvalue weighted by Crippen LogP contribution is 2.29. The van der Waals surface area contributed by atoms with Crippen LogP contribution in [0.5, 0.6) is 0 Å². The van der Waals surface area contributed by atoms with Crippen LogP contribution in [0.4, 0.5) is 5.82 Å². The van der Waals surface area contributed by atoms with Crippen molar-refractivity contribution in [3.05, 3.63) is 36.4 Å². The van der Waals surface area contributed by atoms with E-state index in [1.165, 1.54) is 25.5 Å². The van der Waals surface area contributed by atoms with Gasteiger partial charge in [-0.15, -0.1) is 0 Å². The topological polar surface area (TPSA) is 89.2 Å².